The number of aromatic nitrogens is 2. The van der Waals surface area contributed by atoms with Crippen molar-refractivity contribution in [2.24, 2.45) is 0 Å². The number of carbonyl (C=O) groups is 1. The summed E-state index contributed by atoms with van der Waals surface area (Å²) in [6, 6.07) is 1.56. The molecular weight excluding hydrogens is 256 g/mol. The molecule has 2 aromatic rings. The molecule has 66 valence electrons. The van der Waals surface area contributed by atoms with Gasteiger partial charge in [-0.2, -0.15) is 0 Å². The van der Waals surface area contributed by atoms with Crippen molar-refractivity contribution in [2.45, 2.75) is 0 Å². The summed E-state index contributed by atoms with van der Waals surface area (Å²) in [5.74, 6) is -0.973. The van der Waals surface area contributed by atoms with Gasteiger partial charge in [-0.05, 0) is 22.0 Å². The molecule has 0 bridgehead atoms. The Morgan fingerprint density at radius 1 is 1.62 bits per heavy atom. The molecule has 0 aliphatic heterocycles. The van der Waals surface area contributed by atoms with Gasteiger partial charge >= 0.3 is 5.97 Å². The van der Waals surface area contributed by atoms with E-state index in [4.69, 9.17) is 5.11 Å². The molecular formula is C7H3BrN2O2S. The average molecular weight is 259 g/mol. The lowest BCUT2D eigenvalue weighted by Gasteiger charge is -1.91. The maximum absolute atomic E-state index is 10.6. The normalized spacial score (nSPS) is 10.5. The minimum atomic E-state index is -0.973. The third kappa shape index (κ3) is 1.54. The number of nitrogens with zero attached hydrogens (tertiary/aromatic N) is 2. The van der Waals surface area contributed by atoms with Crippen molar-refractivity contribution in [3.05, 3.63) is 21.7 Å². The van der Waals surface area contributed by atoms with Crippen LogP contribution in [0.5, 0.6) is 0 Å². The lowest BCUT2D eigenvalue weighted by atomic mass is 10.3. The maximum atomic E-state index is 10.6. The van der Waals surface area contributed by atoms with Crippen molar-refractivity contribution in [3.8, 4) is 0 Å². The molecule has 0 unspecified atom stereocenters. The van der Waals surface area contributed by atoms with Crippen LogP contribution in [0.1, 0.15) is 10.4 Å². The summed E-state index contributed by atoms with van der Waals surface area (Å²) >= 11 is 4.57. The number of thiazole rings is 1. The van der Waals surface area contributed by atoms with Gasteiger partial charge in [-0.3, -0.25) is 0 Å². The quantitative estimate of drug-likeness (QED) is 0.852. The molecule has 13 heavy (non-hydrogen) atoms. The van der Waals surface area contributed by atoms with Crippen LogP contribution in [0.15, 0.2) is 16.2 Å². The fraction of sp³-hybridized carbons (Fsp3) is 0. The van der Waals surface area contributed by atoms with Gasteiger partial charge in [0, 0.05) is 6.20 Å². The van der Waals surface area contributed by atoms with Crippen molar-refractivity contribution in [2.75, 3.05) is 0 Å². The second-order valence-corrected chi connectivity index (χ2v) is 4.62. The molecule has 0 fully saturated rings. The number of fused-ring (bicyclic) bond motifs is 1. The van der Waals surface area contributed by atoms with E-state index >= 15 is 0 Å². The van der Waals surface area contributed by atoms with Crippen LogP contribution in [0.3, 0.4) is 0 Å². The molecule has 0 aliphatic rings. The predicted molar refractivity (Wildman–Crippen MR) is 52.1 cm³/mol. The molecule has 6 heteroatoms. The van der Waals surface area contributed by atoms with Crippen LogP contribution in [0.25, 0.3) is 10.3 Å². The van der Waals surface area contributed by atoms with Crippen molar-refractivity contribution < 1.29 is 9.90 Å². The molecule has 2 heterocycles. The van der Waals surface area contributed by atoms with Gasteiger partial charge in [0.2, 0.25) is 0 Å². The molecule has 0 aliphatic carbocycles. The van der Waals surface area contributed by atoms with E-state index in [0.29, 0.717) is 9.56 Å². The third-order valence-corrected chi connectivity index (χ3v) is 2.91. The fourth-order valence-electron chi connectivity index (χ4n) is 0.910. The highest BCUT2D eigenvalue weighted by Gasteiger charge is 2.07. The first kappa shape index (κ1) is 8.58. The number of aromatic carboxylic acids is 1. The lowest BCUT2D eigenvalue weighted by molar-refractivity contribution is 0.0696. The number of carboxylic acid groups (broad SMARTS) is 1. The smallest absolute Gasteiger partial charge is 0.337 e. The van der Waals surface area contributed by atoms with Crippen molar-refractivity contribution in [3.63, 3.8) is 0 Å². The molecule has 0 atom stereocenters. The zero-order valence-corrected chi connectivity index (χ0v) is 8.59. The number of rotatable bonds is 1. The summed E-state index contributed by atoms with van der Waals surface area (Å²) < 4.78 is 1.48. The Hall–Kier alpha value is -1.01. The van der Waals surface area contributed by atoms with Gasteiger partial charge in [0.25, 0.3) is 0 Å². The first-order valence-electron chi connectivity index (χ1n) is 3.32. The number of hydrogen-bond acceptors (Lipinski definition) is 4. The third-order valence-electron chi connectivity index (χ3n) is 1.47. The van der Waals surface area contributed by atoms with E-state index in [-0.39, 0.29) is 5.56 Å². The van der Waals surface area contributed by atoms with Crippen LogP contribution >= 0.6 is 27.3 Å². The Labute approximate surface area is 85.4 Å². The summed E-state index contributed by atoms with van der Waals surface area (Å²) in [6.45, 7) is 0. The Balaban J connectivity index is 2.67. The van der Waals surface area contributed by atoms with E-state index in [1.165, 1.54) is 17.5 Å². The van der Waals surface area contributed by atoms with Crippen LogP contribution in [-0.4, -0.2) is 21.0 Å². The van der Waals surface area contributed by atoms with Crippen LogP contribution < -0.4 is 0 Å². The maximum Gasteiger partial charge on any atom is 0.337 e. The highest BCUT2D eigenvalue weighted by Crippen LogP contribution is 2.24. The van der Waals surface area contributed by atoms with Gasteiger partial charge in [-0.15, -0.1) is 11.3 Å². The number of pyridine rings is 1. The first-order valence-corrected chi connectivity index (χ1v) is 4.93. The van der Waals surface area contributed by atoms with E-state index in [0.717, 1.165) is 4.70 Å². The largest absolute Gasteiger partial charge is 0.478 e. The molecule has 4 nitrogen and oxygen atoms in total. The molecule has 0 spiro atoms. The Morgan fingerprint density at radius 3 is 3.08 bits per heavy atom. The first-order chi connectivity index (χ1) is 6.16. The summed E-state index contributed by atoms with van der Waals surface area (Å²) in [5.41, 5.74) is 0.755. The molecule has 1 N–H and O–H groups in total. The Morgan fingerprint density at radius 2 is 2.38 bits per heavy atom. The highest BCUT2D eigenvalue weighted by molar-refractivity contribution is 9.11. The summed E-state index contributed by atoms with van der Waals surface area (Å²) in [7, 11) is 0. The van der Waals surface area contributed by atoms with E-state index in [9.17, 15) is 4.79 Å². The summed E-state index contributed by atoms with van der Waals surface area (Å²) in [6.07, 6.45) is 1.30. The van der Waals surface area contributed by atoms with Crippen LogP contribution in [-0.2, 0) is 0 Å². The van der Waals surface area contributed by atoms with Crippen molar-refractivity contribution >= 4 is 43.6 Å². The van der Waals surface area contributed by atoms with Crippen molar-refractivity contribution in [1.29, 1.82) is 0 Å². The highest BCUT2D eigenvalue weighted by atomic mass is 79.9. The summed E-state index contributed by atoms with van der Waals surface area (Å²) in [4.78, 5) is 18.5. The van der Waals surface area contributed by atoms with E-state index in [2.05, 4.69) is 25.9 Å². The minimum Gasteiger partial charge on any atom is -0.478 e. The zero-order valence-electron chi connectivity index (χ0n) is 6.19. The van der Waals surface area contributed by atoms with Gasteiger partial charge in [0.15, 0.2) is 9.56 Å². The fourth-order valence-corrected chi connectivity index (χ4v) is 2.29. The Bertz CT molecular complexity index is 482. The number of halogens is 1. The van der Waals surface area contributed by atoms with Crippen LogP contribution in [0.2, 0.25) is 0 Å². The SMILES string of the molecule is O=C(O)c1cnc2nc(Br)sc2c1. The topological polar surface area (TPSA) is 63.1 Å². The minimum absolute atomic E-state index is 0.184. The van der Waals surface area contributed by atoms with Gasteiger partial charge < -0.3 is 5.11 Å². The second-order valence-electron chi connectivity index (χ2n) is 2.32. The van der Waals surface area contributed by atoms with Gasteiger partial charge in [-0.25, -0.2) is 14.8 Å². The number of carboxylic acids is 1. The predicted octanol–water partition coefficient (Wildman–Crippen LogP) is 2.15. The molecule has 0 aromatic carbocycles. The van der Waals surface area contributed by atoms with Crippen LogP contribution in [0.4, 0.5) is 0 Å². The summed E-state index contributed by atoms with van der Waals surface area (Å²) in [5, 5.41) is 8.68. The van der Waals surface area contributed by atoms with Gasteiger partial charge in [-0.1, -0.05) is 0 Å². The van der Waals surface area contributed by atoms with Gasteiger partial charge in [0.05, 0.1) is 10.3 Å². The van der Waals surface area contributed by atoms with Crippen molar-refractivity contribution in [1.82, 2.24) is 9.97 Å². The second kappa shape index (κ2) is 3.04. The van der Waals surface area contributed by atoms with Gasteiger partial charge in [0.1, 0.15) is 0 Å². The molecule has 2 rings (SSSR count). The molecule has 0 amide bonds. The van der Waals surface area contributed by atoms with Crippen LogP contribution in [0, 0.1) is 0 Å². The monoisotopic (exact) mass is 258 g/mol. The average Bonchev–Trinajstić information content (AvgIpc) is 2.42. The van der Waals surface area contributed by atoms with E-state index < -0.39 is 5.97 Å². The molecule has 0 saturated carbocycles. The number of hydrogen-bond donors (Lipinski definition) is 1. The Kier molecular flexibility index (Phi) is 2.01. The molecule has 0 saturated heterocycles. The van der Waals surface area contributed by atoms with E-state index in [1.807, 2.05) is 0 Å². The molecule has 2 aromatic heterocycles. The molecule has 0 radical (unpaired) electrons. The standard InChI is InChI=1S/C7H3BrN2O2S/c8-7-10-5-4(13-7)1-3(2-9-5)6(11)12/h1-2H,(H,11,12). The van der Waals surface area contributed by atoms with E-state index in [1.54, 1.807) is 6.07 Å². The lowest BCUT2D eigenvalue weighted by Crippen LogP contribution is -1.96. The zero-order chi connectivity index (χ0) is 9.42.